The first-order valence-electron chi connectivity index (χ1n) is 10.6. The first kappa shape index (κ1) is 22.5. The zero-order chi connectivity index (χ0) is 20.4. The Morgan fingerprint density at radius 1 is 1.11 bits per heavy atom. The van der Waals surface area contributed by atoms with Gasteiger partial charge in [0.2, 0.25) is 0 Å². The summed E-state index contributed by atoms with van der Waals surface area (Å²) in [6.45, 7) is 16.4. The molecule has 1 aromatic rings. The molecule has 1 aliphatic heterocycles. The van der Waals surface area contributed by atoms with Crippen molar-refractivity contribution in [3.8, 4) is 5.75 Å². The van der Waals surface area contributed by atoms with Crippen molar-refractivity contribution in [1.29, 1.82) is 0 Å². The smallest absolute Gasteiger partial charge is 0.191 e. The average Bonchev–Trinajstić information content (AvgIpc) is 2.84. The molecule has 6 heteroatoms. The molecule has 0 saturated carbocycles. The molecule has 1 fully saturated rings. The molecule has 158 valence electrons. The highest BCUT2D eigenvalue weighted by Crippen LogP contribution is 2.23. The Bertz CT molecular complexity index is 611. The Hall–Kier alpha value is -1.79. The second-order valence-corrected chi connectivity index (χ2v) is 8.44. The molecule has 1 saturated heterocycles. The van der Waals surface area contributed by atoms with Gasteiger partial charge in [-0.1, -0.05) is 18.2 Å². The van der Waals surface area contributed by atoms with Crippen LogP contribution in [0.4, 0.5) is 0 Å². The summed E-state index contributed by atoms with van der Waals surface area (Å²) < 4.78 is 6.09. The van der Waals surface area contributed by atoms with E-state index in [1.807, 2.05) is 18.2 Å². The minimum absolute atomic E-state index is 0.218. The third-order valence-electron chi connectivity index (χ3n) is 4.67. The zero-order valence-corrected chi connectivity index (χ0v) is 18.4. The summed E-state index contributed by atoms with van der Waals surface area (Å²) in [4.78, 5) is 9.72. The van der Waals surface area contributed by atoms with Gasteiger partial charge in [-0.05, 0) is 60.3 Å². The molecule has 2 rings (SSSR count). The van der Waals surface area contributed by atoms with Crippen molar-refractivity contribution in [2.45, 2.75) is 46.3 Å². The lowest BCUT2D eigenvalue weighted by Gasteiger charge is -2.23. The molecule has 0 radical (unpaired) electrons. The van der Waals surface area contributed by atoms with E-state index in [1.165, 1.54) is 19.5 Å². The topological polar surface area (TPSA) is 52.1 Å². The third-order valence-corrected chi connectivity index (χ3v) is 4.67. The van der Waals surface area contributed by atoms with Crippen LogP contribution < -0.4 is 15.4 Å². The van der Waals surface area contributed by atoms with Gasteiger partial charge in [0.25, 0.3) is 0 Å². The van der Waals surface area contributed by atoms with E-state index in [4.69, 9.17) is 9.73 Å². The number of hydrogen-bond acceptors (Lipinski definition) is 4. The Balaban J connectivity index is 1.90. The van der Waals surface area contributed by atoms with Gasteiger partial charge in [-0.25, -0.2) is 4.99 Å². The molecule has 1 aliphatic rings. The number of hydrogen-bond donors (Lipinski definition) is 2. The fourth-order valence-corrected chi connectivity index (χ4v) is 3.23. The van der Waals surface area contributed by atoms with E-state index in [0.717, 1.165) is 50.0 Å². The molecule has 0 aliphatic carbocycles. The maximum absolute atomic E-state index is 6.09. The molecule has 1 aromatic carbocycles. The number of ether oxygens (including phenoxy) is 1. The minimum Gasteiger partial charge on any atom is -0.488 e. The molecule has 0 unspecified atom stereocenters. The van der Waals surface area contributed by atoms with E-state index in [2.05, 4.69) is 61.2 Å². The van der Waals surface area contributed by atoms with Gasteiger partial charge in [0.15, 0.2) is 5.96 Å². The van der Waals surface area contributed by atoms with Gasteiger partial charge in [0, 0.05) is 38.3 Å². The second-order valence-electron chi connectivity index (χ2n) is 8.44. The van der Waals surface area contributed by atoms with E-state index in [0.29, 0.717) is 6.54 Å². The van der Waals surface area contributed by atoms with Crippen LogP contribution in [0.2, 0.25) is 0 Å². The number of rotatable bonds is 7. The lowest BCUT2D eigenvalue weighted by molar-refractivity contribution is 0.129. The minimum atomic E-state index is -0.218. The van der Waals surface area contributed by atoms with Crippen LogP contribution in [0.1, 0.15) is 39.7 Å². The van der Waals surface area contributed by atoms with Gasteiger partial charge in [-0.3, -0.25) is 0 Å². The number of para-hydroxylation sites is 1. The Kier molecular flexibility index (Phi) is 9.06. The first-order chi connectivity index (χ1) is 13.4. The monoisotopic (exact) mass is 389 g/mol. The summed E-state index contributed by atoms with van der Waals surface area (Å²) in [5.41, 5.74) is 0.884. The summed E-state index contributed by atoms with van der Waals surface area (Å²) in [5, 5.41) is 6.83. The van der Waals surface area contributed by atoms with Crippen molar-refractivity contribution in [3.05, 3.63) is 29.8 Å². The summed E-state index contributed by atoms with van der Waals surface area (Å²) in [7, 11) is 2.21. The number of benzene rings is 1. The Morgan fingerprint density at radius 2 is 1.89 bits per heavy atom. The van der Waals surface area contributed by atoms with Gasteiger partial charge < -0.3 is 25.2 Å². The van der Waals surface area contributed by atoms with Crippen LogP contribution >= 0.6 is 0 Å². The molecular weight excluding hydrogens is 350 g/mol. The summed E-state index contributed by atoms with van der Waals surface area (Å²) >= 11 is 0. The van der Waals surface area contributed by atoms with Gasteiger partial charge in [0.1, 0.15) is 11.4 Å². The van der Waals surface area contributed by atoms with Gasteiger partial charge in [0.05, 0.1) is 6.54 Å². The lowest BCUT2D eigenvalue weighted by Crippen LogP contribution is -2.42. The van der Waals surface area contributed by atoms with Crippen LogP contribution in [0.5, 0.6) is 5.75 Å². The molecule has 0 bridgehead atoms. The van der Waals surface area contributed by atoms with Crippen LogP contribution in [-0.4, -0.2) is 74.2 Å². The molecule has 0 aromatic heterocycles. The molecule has 0 spiro atoms. The molecule has 28 heavy (non-hydrogen) atoms. The Labute approximate surface area is 171 Å². The van der Waals surface area contributed by atoms with Crippen molar-refractivity contribution in [2.75, 3.05) is 52.9 Å². The van der Waals surface area contributed by atoms with E-state index in [1.54, 1.807) is 0 Å². The standard InChI is InChI=1S/C22H39N5O/c1-6-23-21(24-12-15-27-14-9-13-26(5)16-17-27)25-18-19-10-7-8-11-20(19)28-22(2,3)4/h7-8,10-11H,6,9,12-18H2,1-5H3,(H2,23,24,25). The first-order valence-corrected chi connectivity index (χ1v) is 10.6. The molecule has 6 nitrogen and oxygen atoms in total. The zero-order valence-electron chi connectivity index (χ0n) is 18.4. The maximum Gasteiger partial charge on any atom is 0.191 e. The molecular formula is C22H39N5O. The largest absolute Gasteiger partial charge is 0.488 e. The summed E-state index contributed by atoms with van der Waals surface area (Å²) in [5.74, 6) is 1.77. The molecule has 2 N–H and O–H groups in total. The number of aliphatic imine (C=N–C) groups is 1. The fourth-order valence-electron chi connectivity index (χ4n) is 3.23. The fraction of sp³-hybridized carbons (Fsp3) is 0.682. The lowest BCUT2D eigenvalue weighted by atomic mass is 10.1. The molecule has 0 atom stereocenters. The predicted octanol–water partition coefficient (Wildman–Crippen LogP) is 2.56. The van der Waals surface area contributed by atoms with E-state index in [-0.39, 0.29) is 5.60 Å². The van der Waals surface area contributed by atoms with Crippen LogP contribution in [0.25, 0.3) is 0 Å². The SMILES string of the molecule is CCNC(=NCc1ccccc1OC(C)(C)C)NCCN1CCCN(C)CC1. The van der Waals surface area contributed by atoms with Crippen molar-refractivity contribution < 1.29 is 4.74 Å². The Morgan fingerprint density at radius 3 is 2.64 bits per heavy atom. The van der Waals surface area contributed by atoms with Crippen molar-refractivity contribution in [1.82, 2.24) is 20.4 Å². The van der Waals surface area contributed by atoms with Gasteiger partial charge >= 0.3 is 0 Å². The van der Waals surface area contributed by atoms with Crippen LogP contribution in [0.3, 0.4) is 0 Å². The third kappa shape index (κ3) is 8.48. The van der Waals surface area contributed by atoms with Crippen LogP contribution in [0.15, 0.2) is 29.3 Å². The summed E-state index contributed by atoms with van der Waals surface area (Å²) in [6.07, 6.45) is 1.25. The highest BCUT2D eigenvalue weighted by atomic mass is 16.5. The van der Waals surface area contributed by atoms with Crippen LogP contribution in [-0.2, 0) is 6.54 Å². The van der Waals surface area contributed by atoms with Crippen molar-refractivity contribution in [3.63, 3.8) is 0 Å². The maximum atomic E-state index is 6.09. The number of nitrogens with one attached hydrogen (secondary N) is 2. The van der Waals surface area contributed by atoms with E-state index < -0.39 is 0 Å². The summed E-state index contributed by atoms with van der Waals surface area (Å²) in [6, 6.07) is 8.15. The molecule has 0 amide bonds. The van der Waals surface area contributed by atoms with Gasteiger partial charge in [-0.15, -0.1) is 0 Å². The second kappa shape index (κ2) is 11.3. The van der Waals surface area contributed by atoms with Gasteiger partial charge in [-0.2, -0.15) is 0 Å². The van der Waals surface area contributed by atoms with E-state index >= 15 is 0 Å². The highest BCUT2D eigenvalue weighted by Gasteiger charge is 2.14. The predicted molar refractivity (Wildman–Crippen MR) is 118 cm³/mol. The molecule has 1 heterocycles. The van der Waals surface area contributed by atoms with E-state index in [9.17, 15) is 0 Å². The average molecular weight is 390 g/mol. The van der Waals surface area contributed by atoms with Crippen molar-refractivity contribution >= 4 is 5.96 Å². The number of nitrogens with zero attached hydrogens (tertiary/aromatic N) is 3. The highest BCUT2D eigenvalue weighted by molar-refractivity contribution is 5.79. The van der Waals surface area contributed by atoms with Crippen molar-refractivity contribution in [2.24, 2.45) is 4.99 Å². The quantitative estimate of drug-likeness (QED) is 0.554. The van der Waals surface area contributed by atoms with Crippen LogP contribution in [0, 0.1) is 0 Å². The number of likely N-dealkylation sites (N-methyl/N-ethyl adjacent to an activating group) is 1. The number of guanidine groups is 1. The normalized spacial score (nSPS) is 17.2.